The number of methoxy groups -OCH3 is 2. The fraction of sp³-hybridized carbons (Fsp3) is 0.406. The number of anilines is 1. The maximum absolute atomic E-state index is 13.7. The predicted octanol–water partition coefficient (Wildman–Crippen LogP) is 5.58. The third-order valence-corrected chi connectivity index (χ3v) is 7.27. The van der Waals surface area contributed by atoms with Gasteiger partial charge in [-0.1, -0.05) is 43.5 Å². The molecule has 0 radical (unpaired) electrons. The average molecular weight is 530 g/mol. The summed E-state index contributed by atoms with van der Waals surface area (Å²) in [7, 11) is 3.20. The topological polar surface area (TPSA) is 72.0 Å². The van der Waals surface area contributed by atoms with Gasteiger partial charge < -0.3 is 19.3 Å². The van der Waals surface area contributed by atoms with E-state index in [4.69, 9.17) is 9.47 Å². The smallest absolute Gasteiger partial charge is 0.252 e. The molecule has 0 bridgehead atoms. The zero-order valence-electron chi connectivity index (χ0n) is 23.3. The molecule has 0 N–H and O–H groups in total. The molecule has 0 saturated carbocycles. The van der Waals surface area contributed by atoms with Gasteiger partial charge in [-0.15, -0.1) is 0 Å². The molecule has 1 aromatic heterocycles. The molecule has 4 rings (SSSR count). The summed E-state index contributed by atoms with van der Waals surface area (Å²) in [6, 6.07) is 16.0. The molecule has 0 unspecified atom stereocenters. The number of benzene rings is 2. The van der Waals surface area contributed by atoms with E-state index in [0.717, 1.165) is 71.4 Å². The van der Waals surface area contributed by atoms with Crippen molar-refractivity contribution in [2.75, 3.05) is 38.8 Å². The molecule has 0 atom stereocenters. The molecule has 1 aliphatic rings. The highest BCUT2D eigenvalue weighted by Crippen LogP contribution is 2.30. The van der Waals surface area contributed by atoms with Crippen LogP contribution in [0.5, 0.6) is 5.75 Å². The summed E-state index contributed by atoms with van der Waals surface area (Å²) in [5, 5.41) is 0. The van der Waals surface area contributed by atoms with Crippen LogP contribution in [0.25, 0.3) is 11.1 Å². The lowest BCUT2D eigenvalue weighted by molar-refractivity contribution is -0.131. The number of carbonyl (C=O) groups is 2. The number of fused-ring (bicyclic) bond motifs is 1. The molecule has 206 valence electrons. The van der Waals surface area contributed by atoms with Crippen molar-refractivity contribution in [2.24, 2.45) is 0 Å². The summed E-state index contributed by atoms with van der Waals surface area (Å²) < 4.78 is 10.6. The Balaban J connectivity index is 1.71. The number of ether oxygens (including phenoxy) is 2. The minimum atomic E-state index is -0.0727. The average Bonchev–Trinajstić information content (AvgIpc) is 2.94. The van der Waals surface area contributed by atoms with E-state index in [0.29, 0.717) is 26.1 Å². The lowest BCUT2D eigenvalue weighted by atomic mass is 10.0. The molecule has 0 spiro atoms. The number of aromatic nitrogens is 1. The van der Waals surface area contributed by atoms with Gasteiger partial charge in [0.05, 0.1) is 13.5 Å². The van der Waals surface area contributed by atoms with Crippen LogP contribution < -0.4 is 9.64 Å². The largest absolute Gasteiger partial charge is 0.496 e. The second-order valence-corrected chi connectivity index (χ2v) is 10.1. The summed E-state index contributed by atoms with van der Waals surface area (Å²) in [6.07, 6.45) is 8.96. The minimum absolute atomic E-state index is 0.0171. The van der Waals surface area contributed by atoms with E-state index in [1.807, 2.05) is 65.4 Å². The Labute approximate surface area is 231 Å². The van der Waals surface area contributed by atoms with E-state index in [1.165, 1.54) is 0 Å². The molecule has 7 heteroatoms. The molecule has 0 aliphatic carbocycles. The van der Waals surface area contributed by atoms with Crippen LogP contribution in [-0.2, 0) is 27.3 Å². The third kappa shape index (κ3) is 7.45. The first kappa shape index (κ1) is 28.3. The number of hydrogen-bond acceptors (Lipinski definition) is 5. The quantitative estimate of drug-likeness (QED) is 0.417. The van der Waals surface area contributed by atoms with E-state index in [1.54, 1.807) is 20.4 Å². The van der Waals surface area contributed by atoms with Gasteiger partial charge in [0.25, 0.3) is 5.91 Å². The van der Waals surface area contributed by atoms with Crippen LogP contribution in [0.4, 0.5) is 5.69 Å². The van der Waals surface area contributed by atoms with Crippen molar-refractivity contribution in [3.05, 3.63) is 77.6 Å². The predicted molar refractivity (Wildman–Crippen MR) is 154 cm³/mol. The highest BCUT2D eigenvalue weighted by molar-refractivity contribution is 5.95. The Kier molecular flexibility index (Phi) is 10.1. The maximum Gasteiger partial charge on any atom is 0.252 e. The zero-order chi connectivity index (χ0) is 27.6. The van der Waals surface area contributed by atoms with Crippen LogP contribution in [0.2, 0.25) is 0 Å². The molecule has 0 saturated heterocycles. The maximum atomic E-state index is 13.7. The van der Waals surface area contributed by atoms with E-state index >= 15 is 0 Å². The molecule has 3 aromatic rings. The van der Waals surface area contributed by atoms with E-state index in [9.17, 15) is 9.59 Å². The summed E-state index contributed by atoms with van der Waals surface area (Å²) in [4.78, 5) is 35.0. The Morgan fingerprint density at radius 1 is 0.897 bits per heavy atom. The lowest BCUT2D eigenvalue weighted by Crippen LogP contribution is -2.37. The van der Waals surface area contributed by atoms with E-state index in [-0.39, 0.29) is 18.4 Å². The SMILES string of the molecule is COCC(=O)N1CCCCCCCN(C(=O)Cc2ccc(OC)c(C)c2)Cc2cc(-c3cccnc3)ccc21. The van der Waals surface area contributed by atoms with Crippen molar-refractivity contribution in [1.82, 2.24) is 9.88 Å². The van der Waals surface area contributed by atoms with Gasteiger partial charge in [-0.2, -0.15) is 0 Å². The first-order valence-corrected chi connectivity index (χ1v) is 13.7. The van der Waals surface area contributed by atoms with Crippen molar-refractivity contribution in [3.8, 4) is 16.9 Å². The number of rotatable bonds is 6. The van der Waals surface area contributed by atoms with Crippen molar-refractivity contribution in [2.45, 2.75) is 52.0 Å². The zero-order valence-corrected chi connectivity index (χ0v) is 23.3. The summed E-state index contributed by atoms with van der Waals surface area (Å²) in [6.45, 7) is 3.74. The van der Waals surface area contributed by atoms with Crippen LogP contribution in [0.3, 0.4) is 0 Å². The number of nitrogens with zero attached hydrogens (tertiary/aromatic N) is 3. The normalized spacial score (nSPS) is 14.6. The highest BCUT2D eigenvalue weighted by atomic mass is 16.5. The van der Waals surface area contributed by atoms with Crippen LogP contribution in [0, 0.1) is 6.92 Å². The third-order valence-electron chi connectivity index (χ3n) is 7.27. The van der Waals surface area contributed by atoms with Crippen molar-refractivity contribution in [1.29, 1.82) is 0 Å². The summed E-state index contributed by atoms with van der Waals surface area (Å²) in [5.41, 5.74) is 5.75. The molecule has 2 aromatic carbocycles. The molecule has 2 amide bonds. The fourth-order valence-corrected chi connectivity index (χ4v) is 5.21. The second kappa shape index (κ2) is 13.9. The van der Waals surface area contributed by atoms with Crippen molar-refractivity contribution < 1.29 is 19.1 Å². The highest BCUT2D eigenvalue weighted by Gasteiger charge is 2.23. The molecular weight excluding hydrogens is 490 g/mol. The Bertz CT molecular complexity index is 1260. The van der Waals surface area contributed by atoms with E-state index < -0.39 is 0 Å². The molecule has 39 heavy (non-hydrogen) atoms. The molecule has 7 nitrogen and oxygen atoms in total. The van der Waals surface area contributed by atoms with Gasteiger partial charge in [0.1, 0.15) is 12.4 Å². The van der Waals surface area contributed by atoms with Gasteiger partial charge in [0.15, 0.2) is 0 Å². The number of aryl methyl sites for hydroxylation is 1. The Morgan fingerprint density at radius 2 is 1.69 bits per heavy atom. The fourth-order valence-electron chi connectivity index (χ4n) is 5.21. The molecular formula is C32H39N3O4. The van der Waals surface area contributed by atoms with Crippen LogP contribution in [0.1, 0.15) is 48.8 Å². The first-order valence-electron chi connectivity index (χ1n) is 13.7. The molecule has 1 aliphatic heterocycles. The van der Waals surface area contributed by atoms with Gasteiger partial charge >= 0.3 is 0 Å². The standard InChI is InChI=1S/C32H39N3O4/c1-24-18-25(11-14-30(24)39-3)19-31(36)34-16-7-5-4-6-8-17-35(32(37)23-38-2)29-13-12-26(20-28(29)22-34)27-10-9-15-33-21-27/h9-15,18,20-21H,4-8,16-17,19,22-23H2,1-3H3. The van der Waals surface area contributed by atoms with E-state index in [2.05, 4.69) is 11.1 Å². The van der Waals surface area contributed by atoms with Gasteiger partial charge in [0.2, 0.25) is 5.91 Å². The van der Waals surface area contributed by atoms with Crippen molar-refractivity contribution >= 4 is 17.5 Å². The molecule has 0 fully saturated rings. The van der Waals surface area contributed by atoms with Crippen LogP contribution in [-0.4, -0.2) is 55.6 Å². The van der Waals surface area contributed by atoms with Crippen LogP contribution in [0.15, 0.2) is 60.9 Å². The Hall–Kier alpha value is -3.71. The van der Waals surface area contributed by atoms with Crippen LogP contribution >= 0.6 is 0 Å². The summed E-state index contributed by atoms with van der Waals surface area (Å²) >= 11 is 0. The second-order valence-electron chi connectivity index (χ2n) is 10.1. The van der Waals surface area contributed by atoms with Gasteiger partial charge in [-0.25, -0.2) is 0 Å². The number of amides is 2. The summed E-state index contributed by atoms with van der Waals surface area (Å²) in [5.74, 6) is 0.816. The molecule has 2 heterocycles. The Morgan fingerprint density at radius 3 is 2.41 bits per heavy atom. The lowest BCUT2D eigenvalue weighted by Gasteiger charge is -2.30. The van der Waals surface area contributed by atoms with Gasteiger partial charge in [0, 0.05) is 44.8 Å². The number of pyridine rings is 1. The minimum Gasteiger partial charge on any atom is -0.496 e. The first-order chi connectivity index (χ1) is 19.0. The van der Waals surface area contributed by atoms with Gasteiger partial charge in [-0.3, -0.25) is 14.6 Å². The monoisotopic (exact) mass is 529 g/mol. The number of hydrogen-bond donors (Lipinski definition) is 0. The van der Waals surface area contributed by atoms with Gasteiger partial charge in [-0.05, 0) is 71.8 Å². The number of carbonyl (C=O) groups excluding carboxylic acids is 2. The van der Waals surface area contributed by atoms with Crippen molar-refractivity contribution in [3.63, 3.8) is 0 Å².